The fourth-order valence-electron chi connectivity index (χ4n) is 4.77. The molecular formula is C22H26N2O2. The molecule has 0 saturated carbocycles. The molecule has 0 aliphatic carbocycles. The van der Waals surface area contributed by atoms with Crippen molar-refractivity contribution in [1.29, 1.82) is 0 Å². The first-order valence-electron chi connectivity index (χ1n) is 9.68. The Morgan fingerprint density at radius 3 is 2.81 bits per heavy atom. The van der Waals surface area contributed by atoms with E-state index in [0.29, 0.717) is 18.8 Å². The highest BCUT2D eigenvalue weighted by molar-refractivity contribution is 5.54. The summed E-state index contributed by atoms with van der Waals surface area (Å²) >= 11 is 0. The molecule has 2 aromatic carbocycles. The Morgan fingerprint density at radius 1 is 1.04 bits per heavy atom. The first-order valence-corrected chi connectivity index (χ1v) is 9.68. The second-order valence-electron chi connectivity index (χ2n) is 7.77. The van der Waals surface area contributed by atoms with Crippen molar-refractivity contribution in [1.82, 2.24) is 9.80 Å². The summed E-state index contributed by atoms with van der Waals surface area (Å²) < 4.78 is 11.3. The van der Waals surface area contributed by atoms with Gasteiger partial charge in [-0.3, -0.25) is 4.90 Å². The summed E-state index contributed by atoms with van der Waals surface area (Å²) in [4.78, 5) is 5.14. The maximum atomic E-state index is 5.77. The predicted molar refractivity (Wildman–Crippen MR) is 102 cm³/mol. The molecule has 2 aromatic rings. The van der Waals surface area contributed by atoms with Crippen LogP contribution < -0.4 is 9.47 Å². The van der Waals surface area contributed by atoms with Crippen molar-refractivity contribution >= 4 is 0 Å². The Kier molecular flexibility index (Phi) is 4.10. The molecule has 0 amide bonds. The number of likely N-dealkylation sites (tertiary alicyclic amines) is 1. The number of rotatable bonds is 3. The zero-order chi connectivity index (χ0) is 17.5. The van der Waals surface area contributed by atoms with Gasteiger partial charge in [-0.2, -0.15) is 0 Å². The van der Waals surface area contributed by atoms with E-state index in [1.165, 1.54) is 29.7 Å². The lowest BCUT2D eigenvalue weighted by molar-refractivity contribution is 0.163. The van der Waals surface area contributed by atoms with Gasteiger partial charge >= 0.3 is 0 Å². The topological polar surface area (TPSA) is 24.9 Å². The molecule has 26 heavy (non-hydrogen) atoms. The van der Waals surface area contributed by atoms with Gasteiger partial charge in [-0.15, -0.1) is 0 Å². The van der Waals surface area contributed by atoms with Crippen molar-refractivity contribution in [2.75, 3.05) is 40.0 Å². The Balaban J connectivity index is 1.35. The summed E-state index contributed by atoms with van der Waals surface area (Å²) in [5.41, 5.74) is 4.27. The second kappa shape index (κ2) is 6.60. The molecule has 0 unspecified atom stereocenters. The van der Waals surface area contributed by atoms with E-state index in [1.807, 2.05) is 0 Å². The molecule has 3 aliphatic rings. The number of likely N-dealkylation sites (N-methyl/N-ethyl adjacent to an activating group) is 1. The van der Waals surface area contributed by atoms with Crippen LogP contribution >= 0.6 is 0 Å². The zero-order valence-electron chi connectivity index (χ0n) is 15.4. The van der Waals surface area contributed by atoms with E-state index in [2.05, 4.69) is 59.3 Å². The SMILES string of the molecule is CN1CCc2c(ccc3c2OCO3)[C@@H]1CN1CC[C@@H](c2ccccc2)C1. The highest BCUT2D eigenvalue weighted by Gasteiger charge is 2.33. The van der Waals surface area contributed by atoms with E-state index in [0.717, 1.165) is 37.6 Å². The predicted octanol–water partition coefficient (Wildman–Crippen LogP) is 3.43. The minimum absolute atomic E-state index is 0.358. The molecule has 3 aliphatic heterocycles. The number of hydrogen-bond acceptors (Lipinski definition) is 4. The van der Waals surface area contributed by atoms with Gasteiger partial charge in [0.1, 0.15) is 0 Å². The molecule has 1 fully saturated rings. The van der Waals surface area contributed by atoms with Crippen LogP contribution in [-0.4, -0.2) is 49.8 Å². The fourth-order valence-corrected chi connectivity index (χ4v) is 4.77. The first-order chi connectivity index (χ1) is 12.8. The Labute approximate surface area is 155 Å². The average molecular weight is 350 g/mol. The van der Waals surface area contributed by atoms with Gasteiger partial charge in [0.15, 0.2) is 11.5 Å². The summed E-state index contributed by atoms with van der Waals surface area (Å²) in [6.45, 7) is 4.87. The summed E-state index contributed by atoms with van der Waals surface area (Å²) in [5.74, 6) is 2.57. The molecule has 1 saturated heterocycles. The third-order valence-electron chi connectivity index (χ3n) is 6.26. The van der Waals surface area contributed by atoms with Crippen molar-refractivity contribution in [2.45, 2.75) is 24.8 Å². The largest absolute Gasteiger partial charge is 0.454 e. The minimum Gasteiger partial charge on any atom is -0.454 e. The number of nitrogens with zero attached hydrogens (tertiary/aromatic N) is 2. The van der Waals surface area contributed by atoms with Gasteiger partial charge in [-0.05, 0) is 49.5 Å². The number of benzene rings is 2. The van der Waals surface area contributed by atoms with Gasteiger partial charge in [0.25, 0.3) is 0 Å². The van der Waals surface area contributed by atoms with Crippen LogP contribution in [0.4, 0.5) is 0 Å². The lowest BCUT2D eigenvalue weighted by Gasteiger charge is -2.37. The third-order valence-corrected chi connectivity index (χ3v) is 6.26. The van der Waals surface area contributed by atoms with Crippen LogP contribution in [0.25, 0.3) is 0 Å². The monoisotopic (exact) mass is 350 g/mol. The van der Waals surface area contributed by atoms with Gasteiger partial charge in [0.05, 0.1) is 0 Å². The van der Waals surface area contributed by atoms with Crippen LogP contribution in [0.2, 0.25) is 0 Å². The van der Waals surface area contributed by atoms with Crippen LogP contribution in [0.1, 0.15) is 35.1 Å². The van der Waals surface area contributed by atoms with Crippen molar-refractivity contribution in [3.8, 4) is 11.5 Å². The van der Waals surface area contributed by atoms with Crippen LogP contribution in [0.3, 0.4) is 0 Å². The molecule has 3 heterocycles. The third kappa shape index (κ3) is 2.78. The van der Waals surface area contributed by atoms with Crippen LogP contribution in [-0.2, 0) is 6.42 Å². The molecule has 0 N–H and O–H groups in total. The van der Waals surface area contributed by atoms with Crippen molar-refractivity contribution in [3.63, 3.8) is 0 Å². The maximum absolute atomic E-state index is 5.77. The van der Waals surface area contributed by atoms with Gasteiger partial charge in [-0.1, -0.05) is 36.4 Å². The van der Waals surface area contributed by atoms with Gasteiger partial charge in [-0.25, -0.2) is 0 Å². The van der Waals surface area contributed by atoms with Crippen LogP contribution in [0, 0.1) is 0 Å². The molecule has 0 aromatic heterocycles. The van der Waals surface area contributed by atoms with E-state index in [4.69, 9.17) is 9.47 Å². The fraction of sp³-hybridized carbons (Fsp3) is 0.455. The summed E-state index contributed by atoms with van der Waals surface area (Å²) in [6.07, 6.45) is 2.30. The molecular weight excluding hydrogens is 324 g/mol. The highest BCUT2D eigenvalue weighted by atomic mass is 16.7. The van der Waals surface area contributed by atoms with E-state index in [1.54, 1.807) is 0 Å². The average Bonchev–Trinajstić information content (AvgIpc) is 3.34. The maximum Gasteiger partial charge on any atom is 0.231 e. The van der Waals surface area contributed by atoms with E-state index < -0.39 is 0 Å². The Bertz CT molecular complexity index is 792. The molecule has 0 bridgehead atoms. The number of fused-ring (bicyclic) bond motifs is 3. The first kappa shape index (κ1) is 16.2. The van der Waals surface area contributed by atoms with Crippen molar-refractivity contribution < 1.29 is 9.47 Å². The Morgan fingerprint density at radius 2 is 1.92 bits per heavy atom. The highest BCUT2D eigenvalue weighted by Crippen LogP contribution is 2.43. The van der Waals surface area contributed by atoms with E-state index >= 15 is 0 Å². The lowest BCUT2D eigenvalue weighted by Crippen LogP contribution is -2.39. The second-order valence-corrected chi connectivity index (χ2v) is 7.77. The molecule has 4 nitrogen and oxygen atoms in total. The van der Waals surface area contributed by atoms with E-state index in [9.17, 15) is 0 Å². The standard InChI is InChI=1S/C22H26N2O2/c1-23-11-10-19-18(7-8-21-22(19)26-15-25-21)20(23)14-24-12-9-17(13-24)16-5-3-2-4-6-16/h2-8,17,20H,9-15H2,1H3/t17-,20+/m1/s1. The quantitative estimate of drug-likeness (QED) is 0.847. The molecule has 0 radical (unpaired) electrons. The summed E-state index contributed by atoms with van der Waals surface area (Å²) in [7, 11) is 2.25. The Hall–Kier alpha value is -2.04. The molecule has 136 valence electrons. The summed E-state index contributed by atoms with van der Waals surface area (Å²) in [5, 5.41) is 0. The van der Waals surface area contributed by atoms with E-state index in [-0.39, 0.29) is 0 Å². The molecule has 5 rings (SSSR count). The number of hydrogen-bond donors (Lipinski definition) is 0. The molecule has 4 heteroatoms. The normalized spacial score (nSPS) is 25.4. The lowest BCUT2D eigenvalue weighted by atomic mass is 9.91. The molecule has 2 atom stereocenters. The minimum atomic E-state index is 0.358. The van der Waals surface area contributed by atoms with Crippen molar-refractivity contribution in [3.05, 3.63) is 59.2 Å². The van der Waals surface area contributed by atoms with Crippen LogP contribution in [0.5, 0.6) is 11.5 Å². The van der Waals surface area contributed by atoms with Gasteiger partial charge in [0.2, 0.25) is 6.79 Å². The smallest absolute Gasteiger partial charge is 0.231 e. The summed E-state index contributed by atoms with van der Waals surface area (Å²) in [6, 6.07) is 15.8. The van der Waals surface area contributed by atoms with Gasteiger partial charge in [0, 0.05) is 31.2 Å². The van der Waals surface area contributed by atoms with Gasteiger partial charge < -0.3 is 14.4 Å². The molecule has 0 spiro atoms. The van der Waals surface area contributed by atoms with Crippen molar-refractivity contribution in [2.24, 2.45) is 0 Å². The van der Waals surface area contributed by atoms with Crippen LogP contribution in [0.15, 0.2) is 42.5 Å². The zero-order valence-corrected chi connectivity index (χ0v) is 15.4. The number of ether oxygens (including phenoxy) is 2.